The van der Waals surface area contributed by atoms with Crippen LogP contribution in [0.15, 0.2) is 6.07 Å². The molecule has 0 amide bonds. The van der Waals surface area contributed by atoms with Crippen molar-refractivity contribution in [2.24, 2.45) is 5.92 Å². The van der Waals surface area contributed by atoms with Crippen LogP contribution in [0.1, 0.15) is 36.8 Å². The molecular weight excluding hydrogens is 362 g/mol. The van der Waals surface area contributed by atoms with E-state index in [0.717, 1.165) is 6.54 Å². The summed E-state index contributed by atoms with van der Waals surface area (Å²) in [7, 11) is 2.08. The minimum absolute atomic E-state index is 0.0583. The van der Waals surface area contributed by atoms with Crippen LogP contribution in [0.2, 0.25) is 0 Å². The van der Waals surface area contributed by atoms with Crippen molar-refractivity contribution in [1.29, 1.82) is 0 Å². The summed E-state index contributed by atoms with van der Waals surface area (Å²) in [6.07, 6.45) is 1.20. The van der Waals surface area contributed by atoms with Crippen molar-refractivity contribution in [3.63, 3.8) is 0 Å². The van der Waals surface area contributed by atoms with Crippen molar-refractivity contribution in [2.45, 2.75) is 61.4 Å². The zero-order valence-corrected chi connectivity index (χ0v) is 15.9. The third-order valence-electron chi connectivity index (χ3n) is 8.36. The van der Waals surface area contributed by atoms with Crippen LogP contribution in [0.4, 0.5) is 0 Å². The fourth-order valence-corrected chi connectivity index (χ4v) is 7.12. The third kappa shape index (κ3) is 1.67. The van der Waals surface area contributed by atoms with E-state index in [1.165, 1.54) is 18.9 Å². The lowest BCUT2D eigenvalue weighted by atomic mass is 9.47. The molecule has 6 rings (SSSR count). The van der Waals surface area contributed by atoms with Crippen molar-refractivity contribution in [2.75, 3.05) is 20.1 Å². The number of Topliss-reactive ketones (excluding diaryl/α,β-unsaturated/α-hetero) is 1. The second-order valence-electron chi connectivity index (χ2n) is 9.88. The smallest absolute Gasteiger partial charge is 0.174 e. The van der Waals surface area contributed by atoms with Gasteiger partial charge in [0.1, 0.15) is 35.5 Å². The molecule has 4 N–H and O–H groups in total. The molecule has 7 nitrogen and oxygen atoms in total. The van der Waals surface area contributed by atoms with Crippen LogP contribution in [0.3, 0.4) is 0 Å². The van der Waals surface area contributed by atoms with E-state index in [1.54, 1.807) is 0 Å². The van der Waals surface area contributed by atoms with Gasteiger partial charge < -0.3 is 29.6 Å². The number of likely N-dealkylation sites (N-methyl/N-ethyl adjacent to an activating group) is 1. The second kappa shape index (κ2) is 4.83. The van der Waals surface area contributed by atoms with Crippen molar-refractivity contribution >= 4 is 5.78 Å². The van der Waals surface area contributed by atoms with Crippen LogP contribution in [-0.2, 0) is 16.6 Å². The van der Waals surface area contributed by atoms with Crippen LogP contribution in [0, 0.1) is 5.92 Å². The maximum atomic E-state index is 12.9. The molecule has 1 spiro atoms. The maximum Gasteiger partial charge on any atom is 0.174 e. The third-order valence-corrected chi connectivity index (χ3v) is 8.36. The van der Waals surface area contributed by atoms with Gasteiger partial charge in [-0.1, -0.05) is 0 Å². The predicted molar refractivity (Wildman–Crippen MR) is 97.2 cm³/mol. The molecule has 3 aliphatic carbocycles. The number of hydrogen-bond donors (Lipinski definition) is 4. The summed E-state index contributed by atoms with van der Waals surface area (Å²) in [6, 6.07) is 1.01. The number of hydrogen-bond acceptors (Lipinski definition) is 6. The first-order valence-electron chi connectivity index (χ1n) is 10.2. The Hall–Kier alpha value is -1.83. The highest BCUT2D eigenvalue weighted by Crippen LogP contribution is 2.67. The standard InChI is InChI=1S/C21H25NO6/c1-22(8-10-2-3-10)9-16(26)21-17-11-6-15(22)20(21,27)5-4-12(23)19(21)28-18(17)14(25)7-13(11)24/h7,10,15-16,19,26-27H,2-6,8-9H2,1H3,(H-,24,25)/p+1/t15-,16+,19-,20+,21-,22-/m0/s1. The second-order valence-corrected chi connectivity index (χ2v) is 9.88. The zero-order valence-electron chi connectivity index (χ0n) is 15.9. The summed E-state index contributed by atoms with van der Waals surface area (Å²) in [5, 5.41) is 44.8. The Kier molecular flexibility index (Phi) is 2.94. The Morgan fingerprint density at radius 2 is 2.04 bits per heavy atom. The number of carbonyl (C=O) groups excluding carboxylic acids is 1. The van der Waals surface area contributed by atoms with Gasteiger partial charge in [-0.3, -0.25) is 4.79 Å². The Labute approximate surface area is 162 Å². The molecule has 1 saturated heterocycles. The summed E-state index contributed by atoms with van der Waals surface area (Å²) < 4.78 is 6.46. The van der Waals surface area contributed by atoms with Crippen LogP contribution in [0.5, 0.6) is 17.2 Å². The number of likely N-dealkylation sites (tertiary alicyclic amines) is 1. The molecule has 150 valence electrons. The predicted octanol–water partition coefficient (Wildman–Crippen LogP) is 0.346. The number of rotatable bonds is 2. The number of quaternary nitrogens is 1. The van der Waals surface area contributed by atoms with Crippen LogP contribution in [0.25, 0.3) is 0 Å². The summed E-state index contributed by atoms with van der Waals surface area (Å²) in [4.78, 5) is 12.9. The molecule has 5 aliphatic rings. The fourth-order valence-electron chi connectivity index (χ4n) is 7.12. The van der Waals surface area contributed by atoms with E-state index in [9.17, 15) is 25.2 Å². The normalized spacial score (nSPS) is 45.5. The highest BCUT2D eigenvalue weighted by Gasteiger charge is 2.80. The molecule has 1 aromatic carbocycles. The lowest BCUT2D eigenvalue weighted by molar-refractivity contribution is -0.954. The molecule has 2 bridgehead atoms. The van der Waals surface area contributed by atoms with Gasteiger partial charge in [-0.05, 0) is 19.3 Å². The molecule has 0 unspecified atom stereocenters. The Morgan fingerprint density at radius 1 is 1.29 bits per heavy atom. The van der Waals surface area contributed by atoms with Crippen molar-refractivity contribution in [3.8, 4) is 17.2 Å². The van der Waals surface area contributed by atoms with E-state index in [1.807, 2.05) is 0 Å². The van der Waals surface area contributed by atoms with Gasteiger partial charge in [0, 0.05) is 36.0 Å². The van der Waals surface area contributed by atoms with Gasteiger partial charge in [-0.25, -0.2) is 0 Å². The highest BCUT2D eigenvalue weighted by atomic mass is 16.5. The van der Waals surface area contributed by atoms with Crippen molar-refractivity contribution in [3.05, 3.63) is 17.2 Å². The fraction of sp³-hybridized carbons (Fsp3) is 0.667. The average molecular weight is 388 g/mol. The minimum atomic E-state index is -1.33. The largest absolute Gasteiger partial charge is 0.508 e. The Balaban J connectivity index is 1.66. The number of piperidine rings is 1. The van der Waals surface area contributed by atoms with Crippen LogP contribution >= 0.6 is 0 Å². The van der Waals surface area contributed by atoms with Gasteiger partial charge in [-0.15, -0.1) is 0 Å². The Morgan fingerprint density at radius 3 is 2.75 bits per heavy atom. The van der Waals surface area contributed by atoms with Gasteiger partial charge in [0.05, 0.1) is 13.6 Å². The number of phenols is 2. The van der Waals surface area contributed by atoms with Crippen molar-refractivity contribution in [1.82, 2.24) is 0 Å². The van der Waals surface area contributed by atoms with E-state index >= 15 is 0 Å². The molecule has 7 heteroatoms. The number of phenolic OH excluding ortho intramolecular Hbond substituents is 2. The number of ether oxygens (including phenoxy) is 1. The SMILES string of the molecule is C[N@+]1(CC2CC2)C[C@@H](O)[C@]23c4c5c(O)cc(O)c4O[C@H]2C(=O)CC[C@@]3(O)[C@@H]1C5. The van der Waals surface area contributed by atoms with Gasteiger partial charge in [-0.2, -0.15) is 0 Å². The first-order chi connectivity index (χ1) is 13.2. The highest BCUT2D eigenvalue weighted by molar-refractivity contribution is 5.90. The van der Waals surface area contributed by atoms with E-state index in [4.69, 9.17) is 4.74 Å². The number of ketones is 1. The zero-order chi connectivity index (χ0) is 19.6. The first-order valence-corrected chi connectivity index (χ1v) is 10.2. The molecular formula is C21H26NO6+. The Bertz CT molecular complexity index is 928. The summed E-state index contributed by atoms with van der Waals surface area (Å²) >= 11 is 0. The molecule has 0 aromatic heterocycles. The number of nitrogens with zero attached hydrogens (tertiary/aromatic N) is 1. The van der Waals surface area contributed by atoms with E-state index in [-0.39, 0.29) is 41.9 Å². The van der Waals surface area contributed by atoms with Gasteiger partial charge >= 0.3 is 0 Å². The molecule has 3 fully saturated rings. The minimum Gasteiger partial charge on any atom is -0.508 e. The summed E-state index contributed by atoms with van der Waals surface area (Å²) in [6.45, 7) is 1.30. The van der Waals surface area contributed by atoms with Gasteiger partial charge in [0.2, 0.25) is 0 Å². The average Bonchev–Trinajstić information content (AvgIpc) is 3.33. The number of aromatic hydroxyl groups is 2. The number of carbonyl (C=O) groups is 1. The first kappa shape index (κ1) is 17.1. The lowest BCUT2D eigenvalue weighted by Crippen LogP contribution is -2.85. The molecule has 2 saturated carbocycles. The quantitative estimate of drug-likeness (QED) is 0.545. The van der Waals surface area contributed by atoms with Gasteiger partial charge in [0.15, 0.2) is 23.4 Å². The van der Waals surface area contributed by atoms with E-state index < -0.39 is 23.2 Å². The van der Waals surface area contributed by atoms with Crippen LogP contribution in [-0.4, -0.2) is 74.7 Å². The van der Waals surface area contributed by atoms with Crippen LogP contribution < -0.4 is 4.74 Å². The molecule has 2 aliphatic heterocycles. The van der Waals surface area contributed by atoms with Gasteiger partial charge in [0.25, 0.3) is 0 Å². The summed E-state index contributed by atoms with van der Waals surface area (Å²) in [5.41, 5.74) is -1.61. The molecule has 28 heavy (non-hydrogen) atoms. The van der Waals surface area contributed by atoms with Crippen molar-refractivity contribution < 1.29 is 34.4 Å². The number of aliphatic hydroxyl groups is 2. The van der Waals surface area contributed by atoms with E-state index in [2.05, 4.69) is 7.05 Å². The molecule has 2 heterocycles. The lowest BCUT2D eigenvalue weighted by Gasteiger charge is -2.65. The molecule has 0 radical (unpaired) electrons. The van der Waals surface area contributed by atoms with E-state index in [0.29, 0.717) is 34.5 Å². The monoisotopic (exact) mass is 388 g/mol. The number of benzene rings is 1. The topological polar surface area (TPSA) is 107 Å². The number of aliphatic hydroxyl groups excluding tert-OH is 1. The molecule has 1 aromatic rings. The maximum absolute atomic E-state index is 12.9. The summed E-state index contributed by atoms with van der Waals surface area (Å²) in [5.74, 6) is 0.269. The molecule has 6 atom stereocenters.